The summed E-state index contributed by atoms with van der Waals surface area (Å²) in [6.45, 7) is 5.55. The van der Waals surface area contributed by atoms with Gasteiger partial charge in [-0.2, -0.15) is 0 Å². The molecule has 0 aromatic rings. The molecular weight excluding hydrogens is 155 g/mol. The first-order valence-corrected chi connectivity index (χ1v) is 4.71. The average molecular weight is 165 g/mol. The molecule has 1 atom stereocenters. The van der Waals surface area contributed by atoms with Crippen LogP contribution in [0.1, 0.15) is 6.92 Å². The molecule has 0 amide bonds. The van der Waals surface area contributed by atoms with Gasteiger partial charge in [0.2, 0.25) is 0 Å². The van der Waals surface area contributed by atoms with Crippen LogP contribution >= 0.6 is 19.8 Å². The molecule has 0 spiro atoms. The number of hydrogen-bond acceptors (Lipinski definition) is 3. The van der Waals surface area contributed by atoms with E-state index in [4.69, 9.17) is 0 Å². The van der Waals surface area contributed by atoms with Gasteiger partial charge in [0.15, 0.2) is 0 Å². The van der Waals surface area contributed by atoms with Crippen molar-refractivity contribution in [3.8, 4) is 0 Å². The van der Waals surface area contributed by atoms with Crippen LogP contribution in [0.15, 0.2) is 11.2 Å². The van der Waals surface area contributed by atoms with E-state index in [0.717, 1.165) is 5.75 Å². The molecule has 0 fully saturated rings. The first-order valence-electron chi connectivity index (χ1n) is 2.55. The van der Waals surface area contributed by atoms with Crippen molar-refractivity contribution >= 4 is 19.8 Å². The minimum Gasteiger partial charge on any atom is -0.145 e. The Labute approximate surface area is 60.5 Å². The summed E-state index contributed by atoms with van der Waals surface area (Å²) in [4.78, 5) is 0. The Morgan fingerprint density at radius 3 is 2.78 bits per heavy atom. The van der Waals surface area contributed by atoms with Gasteiger partial charge in [-0.1, -0.05) is 18.7 Å². The van der Waals surface area contributed by atoms with Gasteiger partial charge in [-0.25, -0.2) is 0 Å². The predicted octanol–water partition coefficient (Wildman–Crippen LogP) is 2.60. The molecule has 0 aliphatic heterocycles. The van der Waals surface area contributed by atoms with E-state index >= 15 is 0 Å². The second kappa shape index (κ2) is 4.98. The van der Waals surface area contributed by atoms with Gasteiger partial charge in [0.25, 0.3) is 4.65 Å². The standard InChI is InChI=1S/C5H10O2PS/c1-4-9-5(2)8(6)7-3/h2,4H2,1,3H3/q+1. The Morgan fingerprint density at radius 1 is 1.89 bits per heavy atom. The maximum Gasteiger partial charge on any atom is 0.554 e. The molecule has 0 radical (unpaired) electrons. The van der Waals surface area contributed by atoms with Crippen molar-refractivity contribution in [1.29, 1.82) is 0 Å². The van der Waals surface area contributed by atoms with Crippen molar-refractivity contribution in [1.82, 2.24) is 0 Å². The smallest absolute Gasteiger partial charge is 0.145 e. The van der Waals surface area contributed by atoms with Crippen LogP contribution in [0.5, 0.6) is 0 Å². The molecule has 0 N–H and O–H groups in total. The fourth-order valence-electron chi connectivity index (χ4n) is 0.321. The van der Waals surface area contributed by atoms with Crippen LogP contribution in [0.4, 0.5) is 0 Å². The normalized spacial score (nSPS) is 11.1. The number of hydrogen-bond donors (Lipinski definition) is 0. The molecule has 0 saturated carbocycles. The van der Waals surface area contributed by atoms with E-state index in [2.05, 4.69) is 11.1 Å². The van der Waals surface area contributed by atoms with E-state index < -0.39 is 8.03 Å². The Balaban J connectivity index is 3.60. The average Bonchev–Trinajstić information content (AvgIpc) is 1.87. The number of thioether (sulfide) groups is 1. The Hall–Kier alpha value is 0.150. The Bertz CT molecular complexity index is 124. The van der Waals surface area contributed by atoms with Crippen LogP contribution < -0.4 is 0 Å². The first kappa shape index (κ1) is 9.15. The molecule has 0 saturated heterocycles. The van der Waals surface area contributed by atoms with E-state index in [-0.39, 0.29) is 0 Å². The SMILES string of the molecule is C=C(SCC)[P+](=O)OC. The molecule has 0 rings (SSSR count). The monoisotopic (exact) mass is 165 g/mol. The van der Waals surface area contributed by atoms with Gasteiger partial charge in [0, 0.05) is 0 Å². The summed E-state index contributed by atoms with van der Waals surface area (Å²) in [5.41, 5.74) is 0. The quantitative estimate of drug-likeness (QED) is 0.599. The lowest BCUT2D eigenvalue weighted by Crippen LogP contribution is -1.70. The van der Waals surface area contributed by atoms with Crippen LogP contribution in [-0.2, 0) is 9.09 Å². The summed E-state index contributed by atoms with van der Waals surface area (Å²) in [7, 11) is -0.210. The van der Waals surface area contributed by atoms with Gasteiger partial charge in [0.1, 0.15) is 0 Å². The highest BCUT2D eigenvalue weighted by Crippen LogP contribution is 2.38. The predicted molar refractivity (Wildman–Crippen MR) is 41.9 cm³/mol. The lowest BCUT2D eigenvalue weighted by atomic mass is 11.0. The fraction of sp³-hybridized carbons (Fsp3) is 0.600. The third kappa shape index (κ3) is 3.68. The highest BCUT2D eigenvalue weighted by Gasteiger charge is 2.20. The largest absolute Gasteiger partial charge is 0.554 e. The summed E-state index contributed by atoms with van der Waals surface area (Å²) in [5, 5.41) is 0. The molecular formula is C5H10O2PS+. The van der Waals surface area contributed by atoms with Gasteiger partial charge in [-0.15, -0.1) is 4.52 Å². The van der Waals surface area contributed by atoms with Gasteiger partial charge in [-0.3, -0.25) is 0 Å². The van der Waals surface area contributed by atoms with E-state index in [1.54, 1.807) is 0 Å². The fourth-order valence-corrected chi connectivity index (χ4v) is 1.89. The Morgan fingerprint density at radius 2 is 2.44 bits per heavy atom. The van der Waals surface area contributed by atoms with Crippen LogP contribution in [-0.4, -0.2) is 12.9 Å². The summed E-state index contributed by atoms with van der Waals surface area (Å²) in [6.07, 6.45) is 0. The van der Waals surface area contributed by atoms with Crippen molar-refractivity contribution in [3.05, 3.63) is 11.2 Å². The minimum absolute atomic E-state index is 0.620. The third-order valence-corrected chi connectivity index (χ3v) is 2.88. The lowest BCUT2D eigenvalue weighted by molar-refractivity contribution is 0.422. The molecule has 0 aromatic carbocycles. The lowest BCUT2D eigenvalue weighted by Gasteiger charge is -1.84. The molecule has 9 heavy (non-hydrogen) atoms. The van der Waals surface area contributed by atoms with Crippen molar-refractivity contribution in [2.45, 2.75) is 6.92 Å². The summed E-state index contributed by atoms with van der Waals surface area (Å²) in [6, 6.07) is 0. The van der Waals surface area contributed by atoms with E-state index in [0.29, 0.717) is 4.65 Å². The maximum absolute atomic E-state index is 10.7. The number of rotatable bonds is 4. The first-order chi connectivity index (χ1) is 4.22. The van der Waals surface area contributed by atoms with E-state index in [9.17, 15) is 4.57 Å². The van der Waals surface area contributed by atoms with E-state index in [1.165, 1.54) is 18.9 Å². The molecule has 0 aliphatic carbocycles. The van der Waals surface area contributed by atoms with Gasteiger partial charge < -0.3 is 0 Å². The van der Waals surface area contributed by atoms with Crippen LogP contribution in [0.2, 0.25) is 0 Å². The van der Waals surface area contributed by atoms with E-state index in [1.807, 2.05) is 6.92 Å². The van der Waals surface area contributed by atoms with Gasteiger partial charge in [0.05, 0.1) is 7.11 Å². The molecule has 1 unspecified atom stereocenters. The molecule has 0 aromatic heterocycles. The molecule has 0 bridgehead atoms. The zero-order chi connectivity index (χ0) is 7.28. The van der Waals surface area contributed by atoms with Crippen molar-refractivity contribution in [2.24, 2.45) is 0 Å². The van der Waals surface area contributed by atoms with Crippen LogP contribution in [0, 0.1) is 0 Å². The van der Waals surface area contributed by atoms with Gasteiger partial charge >= 0.3 is 8.03 Å². The molecule has 52 valence electrons. The molecule has 4 heteroatoms. The molecule has 2 nitrogen and oxygen atoms in total. The minimum atomic E-state index is -1.63. The molecule has 0 heterocycles. The zero-order valence-corrected chi connectivity index (χ0v) is 7.30. The topological polar surface area (TPSA) is 26.3 Å². The highest BCUT2D eigenvalue weighted by molar-refractivity contribution is 8.08. The van der Waals surface area contributed by atoms with Crippen molar-refractivity contribution in [2.75, 3.05) is 12.9 Å². The van der Waals surface area contributed by atoms with Crippen LogP contribution in [0.25, 0.3) is 0 Å². The molecule has 0 aliphatic rings. The second-order valence-electron chi connectivity index (χ2n) is 1.27. The Kier molecular flexibility index (Phi) is 5.06. The highest BCUT2D eigenvalue weighted by atomic mass is 32.2. The summed E-state index contributed by atoms with van der Waals surface area (Å²) < 4.78 is 15.9. The van der Waals surface area contributed by atoms with Gasteiger partial charge in [-0.05, 0) is 16.9 Å². The third-order valence-electron chi connectivity index (χ3n) is 0.680. The summed E-state index contributed by atoms with van der Waals surface area (Å²) in [5.74, 6) is 0.892. The maximum atomic E-state index is 10.7. The van der Waals surface area contributed by atoms with Crippen molar-refractivity contribution < 1.29 is 9.09 Å². The summed E-state index contributed by atoms with van der Waals surface area (Å²) >= 11 is 1.46. The zero-order valence-electron chi connectivity index (χ0n) is 5.59. The van der Waals surface area contributed by atoms with Crippen molar-refractivity contribution in [3.63, 3.8) is 0 Å². The van der Waals surface area contributed by atoms with Crippen LogP contribution in [0.3, 0.4) is 0 Å². The second-order valence-corrected chi connectivity index (χ2v) is 4.35.